The van der Waals surface area contributed by atoms with Crippen molar-refractivity contribution in [2.45, 2.75) is 30.8 Å². The van der Waals surface area contributed by atoms with Gasteiger partial charge in [-0.3, -0.25) is 24.1 Å². The summed E-state index contributed by atoms with van der Waals surface area (Å²) in [6.07, 6.45) is -5.52. The summed E-state index contributed by atoms with van der Waals surface area (Å²) in [5.74, 6) is -11.8. The maximum absolute atomic E-state index is 15.2. The monoisotopic (exact) mass is 572 g/mol. The number of ketones is 2. The molecule has 216 valence electrons. The van der Waals surface area contributed by atoms with Crippen LogP contribution >= 0.6 is 0 Å². The third-order valence-electron chi connectivity index (χ3n) is 7.39. The van der Waals surface area contributed by atoms with E-state index in [2.05, 4.69) is 0 Å². The molecule has 8 N–H and O–H groups in total. The Morgan fingerprint density at radius 1 is 1.20 bits per heavy atom. The van der Waals surface area contributed by atoms with Gasteiger partial charge in [0.05, 0.1) is 23.8 Å². The average Bonchev–Trinajstić information content (AvgIpc) is 2.82. The molecule has 1 aromatic rings. The number of Topliss-reactive ketones (excluding diaryl/α,β-unsaturated/α-hetero) is 2. The minimum atomic E-state index is -4.90. The van der Waals surface area contributed by atoms with Gasteiger partial charge in [0.2, 0.25) is 11.7 Å². The zero-order chi connectivity index (χ0) is 30.1. The van der Waals surface area contributed by atoms with E-state index in [4.69, 9.17) is 5.73 Å². The highest BCUT2D eigenvalue weighted by molar-refractivity contribution is 6.24. The fourth-order valence-electron chi connectivity index (χ4n) is 5.74. The molecule has 0 aliphatic heterocycles. The second kappa shape index (κ2) is 9.57. The minimum Gasteiger partial charge on any atom is -0.508 e. The molecular formula is C24H24F4N4O8. The Morgan fingerprint density at radius 2 is 1.82 bits per heavy atom. The number of primary amides is 1. The molecule has 3 aliphatic carbocycles. The summed E-state index contributed by atoms with van der Waals surface area (Å²) in [6.45, 7) is -1.29. The highest BCUT2D eigenvalue weighted by Crippen LogP contribution is 2.53. The third kappa shape index (κ3) is 4.37. The SMILES string of the molecule is CN(C)[C@@H]1C(=O)C(C(N)=O)=C(O)[C@@]2(O)C(=O)C3=C(O)c4c(O)c(NC(=O)CNC(F)(F)F)cc(F)c4C[C@H]3C[C@@H]12. The van der Waals surface area contributed by atoms with Crippen LogP contribution in [0.4, 0.5) is 23.2 Å². The standard InChI is InChI=1S/C24H24F4N4O8/c1-32(2)16-9-4-7-3-8-10(25)5-11(31-12(33)6-30-24(26,27)28)17(34)14(8)18(35)13(7)20(37)23(9,40)21(38)15(19(16)36)22(29)39/h5,7,9,16,30,34-35,38,40H,3-4,6H2,1-2H3,(H2,29,39)(H,31,33)/t7-,9-,16-,23-/m0/s1. The van der Waals surface area contributed by atoms with Gasteiger partial charge in [-0.05, 0) is 32.9 Å². The topological polar surface area (TPSA) is 203 Å². The molecule has 1 fully saturated rings. The van der Waals surface area contributed by atoms with Crippen LogP contribution in [-0.4, -0.2) is 87.3 Å². The first-order valence-corrected chi connectivity index (χ1v) is 11.7. The van der Waals surface area contributed by atoms with Crippen molar-refractivity contribution in [2.75, 3.05) is 26.0 Å². The van der Waals surface area contributed by atoms with Crippen molar-refractivity contribution in [1.82, 2.24) is 10.2 Å². The van der Waals surface area contributed by atoms with Gasteiger partial charge >= 0.3 is 6.30 Å². The lowest BCUT2D eigenvalue weighted by atomic mass is 9.57. The summed E-state index contributed by atoms with van der Waals surface area (Å²) in [7, 11) is 2.84. The number of nitrogens with zero attached hydrogens (tertiary/aromatic N) is 1. The normalized spacial score (nSPS) is 26.4. The largest absolute Gasteiger partial charge is 0.508 e. The number of alkyl halides is 3. The predicted molar refractivity (Wildman–Crippen MR) is 127 cm³/mol. The van der Waals surface area contributed by atoms with E-state index in [1.807, 2.05) is 5.32 Å². The number of aliphatic hydroxyl groups is 3. The van der Waals surface area contributed by atoms with Crippen LogP contribution in [-0.2, 0) is 25.6 Å². The highest BCUT2D eigenvalue weighted by atomic mass is 19.4. The van der Waals surface area contributed by atoms with Crippen LogP contribution < -0.4 is 16.4 Å². The number of halogens is 4. The van der Waals surface area contributed by atoms with Gasteiger partial charge < -0.3 is 31.5 Å². The number of aliphatic hydroxyl groups excluding tert-OH is 2. The van der Waals surface area contributed by atoms with Crippen LogP contribution in [0.3, 0.4) is 0 Å². The van der Waals surface area contributed by atoms with Crippen molar-refractivity contribution in [3.63, 3.8) is 0 Å². The van der Waals surface area contributed by atoms with Gasteiger partial charge in [-0.25, -0.2) is 9.71 Å². The Labute approximate surface area is 222 Å². The highest BCUT2D eigenvalue weighted by Gasteiger charge is 2.64. The zero-order valence-corrected chi connectivity index (χ0v) is 20.9. The number of hydrogen-bond acceptors (Lipinski definition) is 10. The molecule has 0 saturated heterocycles. The van der Waals surface area contributed by atoms with Crippen LogP contribution in [0, 0.1) is 17.7 Å². The predicted octanol–water partition coefficient (Wildman–Crippen LogP) is 0.151. The second-order valence-electron chi connectivity index (χ2n) is 9.97. The van der Waals surface area contributed by atoms with E-state index in [9.17, 15) is 52.8 Å². The maximum Gasteiger partial charge on any atom is 0.457 e. The number of hydrogen-bond donors (Lipinski definition) is 7. The number of fused-ring (bicyclic) bond motifs is 3. The summed E-state index contributed by atoms with van der Waals surface area (Å²) < 4.78 is 52.2. The van der Waals surface area contributed by atoms with E-state index in [-0.39, 0.29) is 18.4 Å². The molecule has 2 amide bonds. The van der Waals surface area contributed by atoms with E-state index >= 15 is 4.39 Å². The number of carbonyl (C=O) groups is 4. The van der Waals surface area contributed by atoms with Gasteiger partial charge in [0.15, 0.2) is 17.1 Å². The number of phenolic OH excluding ortho intramolecular Hbond substituents is 1. The number of likely N-dealkylation sites (N-methyl/N-ethyl adjacent to an activating group) is 1. The summed E-state index contributed by atoms with van der Waals surface area (Å²) in [6, 6.07) is -0.696. The lowest BCUT2D eigenvalue weighted by Gasteiger charge is -2.50. The van der Waals surface area contributed by atoms with Crippen LogP contribution in [0.2, 0.25) is 0 Å². The number of amides is 2. The molecular weight excluding hydrogens is 548 g/mol. The van der Waals surface area contributed by atoms with Crippen molar-refractivity contribution in [1.29, 1.82) is 0 Å². The Morgan fingerprint density at radius 3 is 2.38 bits per heavy atom. The van der Waals surface area contributed by atoms with E-state index < -0.39 is 105 Å². The van der Waals surface area contributed by atoms with Crippen molar-refractivity contribution in [3.8, 4) is 5.75 Å². The summed E-state index contributed by atoms with van der Waals surface area (Å²) in [4.78, 5) is 52.0. The molecule has 1 saturated carbocycles. The third-order valence-corrected chi connectivity index (χ3v) is 7.39. The molecule has 0 spiro atoms. The molecule has 4 rings (SSSR count). The van der Waals surface area contributed by atoms with Crippen LogP contribution in [0.15, 0.2) is 23.0 Å². The molecule has 40 heavy (non-hydrogen) atoms. The van der Waals surface area contributed by atoms with Crippen molar-refractivity contribution in [3.05, 3.63) is 39.9 Å². The van der Waals surface area contributed by atoms with Gasteiger partial charge in [-0.1, -0.05) is 0 Å². The lowest BCUT2D eigenvalue weighted by molar-refractivity contribution is -0.159. The lowest BCUT2D eigenvalue weighted by Crippen LogP contribution is -2.65. The molecule has 0 unspecified atom stereocenters. The van der Waals surface area contributed by atoms with Crippen LogP contribution in [0.25, 0.3) is 5.76 Å². The first kappa shape index (κ1) is 29.0. The molecule has 0 aromatic heterocycles. The Hall–Kier alpha value is -4.02. The fourth-order valence-corrected chi connectivity index (χ4v) is 5.74. The Kier molecular flexibility index (Phi) is 6.93. The summed E-state index contributed by atoms with van der Waals surface area (Å²) in [5, 5.41) is 46.9. The van der Waals surface area contributed by atoms with Gasteiger partial charge in [-0.15, -0.1) is 0 Å². The Bertz CT molecular complexity index is 1420. The minimum absolute atomic E-state index is 0.270. The van der Waals surface area contributed by atoms with Gasteiger partial charge in [0.25, 0.3) is 5.91 Å². The molecule has 12 nitrogen and oxygen atoms in total. The molecule has 0 radical (unpaired) electrons. The van der Waals surface area contributed by atoms with Crippen LogP contribution in [0.5, 0.6) is 5.75 Å². The summed E-state index contributed by atoms with van der Waals surface area (Å²) in [5.41, 5.74) is -0.939. The zero-order valence-electron chi connectivity index (χ0n) is 20.9. The van der Waals surface area contributed by atoms with Crippen LogP contribution in [0.1, 0.15) is 17.5 Å². The number of carbonyl (C=O) groups excluding carboxylic acids is 4. The van der Waals surface area contributed by atoms with Crippen molar-refractivity contribution >= 4 is 34.8 Å². The summed E-state index contributed by atoms with van der Waals surface area (Å²) >= 11 is 0. The van der Waals surface area contributed by atoms with E-state index in [1.165, 1.54) is 19.0 Å². The number of aromatic hydroxyl groups is 1. The van der Waals surface area contributed by atoms with Gasteiger partial charge in [0, 0.05) is 23.1 Å². The quantitative estimate of drug-likeness (QED) is 0.110. The maximum atomic E-state index is 15.2. The first-order valence-electron chi connectivity index (χ1n) is 11.7. The first-order chi connectivity index (χ1) is 18.4. The van der Waals surface area contributed by atoms with E-state index in [0.717, 1.165) is 5.32 Å². The van der Waals surface area contributed by atoms with Crippen molar-refractivity contribution in [2.24, 2.45) is 17.6 Å². The van der Waals surface area contributed by atoms with Gasteiger partial charge in [-0.2, -0.15) is 13.2 Å². The average molecular weight is 572 g/mol. The molecule has 4 atom stereocenters. The van der Waals surface area contributed by atoms with E-state index in [0.29, 0.717) is 6.07 Å². The fraction of sp³-hybridized carbons (Fsp3) is 0.417. The number of nitrogens with one attached hydrogen (secondary N) is 2. The molecule has 3 aliphatic rings. The number of nitrogens with two attached hydrogens (primary N) is 1. The van der Waals surface area contributed by atoms with E-state index in [1.54, 1.807) is 0 Å². The van der Waals surface area contributed by atoms with Crippen molar-refractivity contribution < 1.29 is 57.2 Å². The molecule has 16 heteroatoms. The number of anilines is 1. The Balaban J connectivity index is 1.84. The molecule has 1 aromatic carbocycles. The number of benzene rings is 1. The molecule has 0 heterocycles. The smallest absolute Gasteiger partial charge is 0.457 e. The molecule has 0 bridgehead atoms. The number of rotatable bonds is 5. The van der Waals surface area contributed by atoms with Gasteiger partial charge in [0.1, 0.15) is 22.9 Å². The number of phenols is 1. The second-order valence-corrected chi connectivity index (χ2v) is 9.97.